The van der Waals surface area contributed by atoms with E-state index in [-0.39, 0.29) is 15.6 Å². The predicted octanol–water partition coefficient (Wildman–Crippen LogP) is 3.01. The summed E-state index contributed by atoms with van der Waals surface area (Å²) >= 11 is 11.2. The first kappa shape index (κ1) is 15.4. The molecule has 1 rings (SSSR count). The predicted molar refractivity (Wildman–Crippen MR) is 61.7 cm³/mol. The molecule has 4 N–H and O–H groups in total. The van der Waals surface area contributed by atoms with Crippen molar-refractivity contribution < 1.29 is 23.4 Å². The lowest BCUT2D eigenvalue weighted by Crippen LogP contribution is -2.38. The highest BCUT2D eigenvalue weighted by atomic mass is 35.5. The Hall–Kier alpha value is -0.690. The molecule has 0 fully saturated rings. The fourth-order valence-corrected chi connectivity index (χ4v) is 1.85. The minimum atomic E-state index is -4.63. The van der Waals surface area contributed by atoms with Crippen LogP contribution in [0.15, 0.2) is 12.1 Å². The van der Waals surface area contributed by atoms with E-state index in [0.29, 0.717) is 0 Å². The maximum atomic E-state index is 12.2. The van der Waals surface area contributed by atoms with Crippen LogP contribution in [0.5, 0.6) is 5.75 Å². The highest BCUT2D eigenvalue weighted by Gasteiger charge is 2.38. The van der Waals surface area contributed by atoms with Gasteiger partial charge < -0.3 is 15.9 Å². The van der Waals surface area contributed by atoms with Crippen LogP contribution in [0.25, 0.3) is 0 Å². The second-order valence-electron chi connectivity index (χ2n) is 3.73. The van der Waals surface area contributed by atoms with Crippen LogP contribution >= 0.6 is 23.2 Å². The number of hydrogen-bond acceptors (Lipinski definition) is 3. The molecule has 0 bridgehead atoms. The smallest absolute Gasteiger partial charge is 0.403 e. The number of phenolic OH excluding ortho intramolecular Hbond substituents is 1. The molecule has 0 aliphatic heterocycles. The molecule has 0 aliphatic carbocycles. The molecule has 3 nitrogen and oxygen atoms in total. The van der Waals surface area contributed by atoms with Crippen molar-refractivity contribution >= 4 is 23.2 Å². The fraction of sp³-hybridized carbons (Fsp3) is 0.400. The van der Waals surface area contributed by atoms with Crippen molar-refractivity contribution in [2.45, 2.75) is 24.7 Å². The average molecular weight is 304 g/mol. The summed E-state index contributed by atoms with van der Waals surface area (Å²) < 4.78 is 36.7. The van der Waals surface area contributed by atoms with E-state index in [1.54, 1.807) is 0 Å². The van der Waals surface area contributed by atoms with Crippen molar-refractivity contribution in [1.29, 1.82) is 0 Å². The standard InChI is InChI=1S/C10H10Cl2F3NO2/c11-4-1-5(9(18)6(12)2-4)7(17)3-8(16)10(13,14)15/h1-2,7-8,17-18H,3,16H2/t7-,8+/m0/s1. The van der Waals surface area contributed by atoms with Crippen LogP contribution < -0.4 is 5.73 Å². The van der Waals surface area contributed by atoms with Crippen molar-refractivity contribution in [1.82, 2.24) is 0 Å². The minimum absolute atomic E-state index is 0.0902. The van der Waals surface area contributed by atoms with E-state index in [4.69, 9.17) is 28.9 Å². The third-order valence-electron chi connectivity index (χ3n) is 2.31. The van der Waals surface area contributed by atoms with Crippen LogP contribution in [0, 0.1) is 0 Å². The van der Waals surface area contributed by atoms with Crippen LogP contribution in [0.1, 0.15) is 18.1 Å². The Labute approximate surface area is 111 Å². The first-order valence-corrected chi connectivity index (χ1v) is 5.56. The van der Waals surface area contributed by atoms with Gasteiger partial charge >= 0.3 is 6.18 Å². The van der Waals surface area contributed by atoms with Crippen LogP contribution in [0.2, 0.25) is 10.0 Å². The molecule has 18 heavy (non-hydrogen) atoms. The van der Waals surface area contributed by atoms with Gasteiger partial charge in [0.05, 0.1) is 11.1 Å². The number of aliphatic hydroxyl groups excluding tert-OH is 1. The number of aliphatic hydroxyl groups is 1. The Morgan fingerprint density at radius 2 is 1.83 bits per heavy atom. The molecule has 0 saturated carbocycles. The molecule has 2 atom stereocenters. The highest BCUT2D eigenvalue weighted by Crippen LogP contribution is 2.37. The summed E-state index contributed by atoms with van der Waals surface area (Å²) in [6.07, 6.45) is -7.04. The van der Waals surface area contributed by atoms with Crippen molar-refractivity contribution in [3.05, 3.63) is 27.7 Å². The molecule has 0 aromatic heterocycles. The number of benzene rings is 1. The maximum absolute atomic E-state index is 12.2. The third-order valence-corrected chi connectivity index (χ3v) is 2.82. The SMILES string of the molecule is N[C@H](C[C@H](O)c1cc(Cl)cc(Cl)c1O)C(F)(F)F. The number of aromatic hydroxyl groups is 1. The quantitative estimate of drug-likeness (QED) is 0.804. The second kappa shape index (κ2) is 5.52. The second-order valence-corrected chi connectivity index (χ2v) is 4.57. The maximum Gasteiger partial charge on any atom is 0.403 e. The van der Waals surface area contributed by atoms with Gasteiger partial charge in [-0.3, -0.25) is 0 Å². The first-order valence-electron chi connectivity index (χ1n) is 4.81. The molecule has 0 radical (unpaired) electrons. The largest absolute Gasteiger partial charge is 0.506 e. The zero-order valence-electron chi connectivity index (χ0n) is 8.88. The zero-order chi connectivity index (χ0) is 14.1. The van der Waals surface area contributed by atoms with E-state index in [1.807, 2.05) is 0 Å². The molecule has 0 heterocycles. The Morgan fingerprint density at radius 3 is 2.33 bits per heavy atom. The van der Waals surface area contributed by atoms with Gasteiger partial charge in [0.25, 0.3) is 0 Å². The zero-order valence-corrected chi connectivity index (χ0v) is 10.4. The molecule has 0 unspecified atom stereocenters. The average Bonchev–Trinajstić information content (AvgIpc) is 2.21. The number of phenols is 1. The molecule has 0 saturated heterocycles. The molecular weight excluding hydrogens is 294 g/mol. The molecular formula is C10H10Cl2F3NO2. The van der Waals surface area contributed by atoms with Gasteiger partial charge in [0.2, 0.25) is 0 Å². The summed E-state index contributed by atoms with van der Waals surface area (Å²) in [5, 5.41) is 19.1. The van der Waals surface area contributed by atoms with Crippen LogP contribution in [-0.4, -0.2) is 22.4 Å². The van der Waals surface area contributed by atoms with Gasteiger partial charge in [-0.2, -0.15) is 13.2 Å². The van der Waals surface area contributed by atoms with Crippen molar-refractivity contribution in [2.75, 3.05) is 0 Å². The molecule has 102 valence electrons. The molecule has 8 heteroatoms. The van der Waals surface area contributed by atoms with Gasteiger partial charge in [0, 0.05) is 17.0 Å². The monoisotopic (exact) mass is 303 g/mol. The van der Waals surface area contributed by atoms with E-state index in [9.17, 15) is 23.4 Å². The highest BCUT2D eigenvalue weighted by molar-refractivity contribution is 6.35. The van der Waals surface area contributed by atoms with E-state index in [1.165, 1.54) is 6.07 Å². The van der Waals surface area contributed by atoms with Gasteiger partial charge in [-0.15, -0.1) is 0 Å². The summed E-state index contributed by atoms with van der Waals surface area (Å²) in [5.74, 6) is -0.511. The summed E-state index contributed by atoms with van der Waals surface area (Å²) in [6, 6.07) is 0.138. The minimum Gasteiger partial charge on any atom is -0.506 e. The van der Waals surface area contributed by atoms with Gasteiger partial charge in [0.15, 0.2) is 0 Å². The summed E-state index contributed by atoms with van der Waals surface area (Å²) in [4.78, 5) is 0. The number of nitrogens with two attached hydrogens (primary N) is 1. The molecule has 1 aromatic rings. The van der Waals surface area contributed by atoms with E-state index < -0.39 is 30.5 Å². The Balaban J connectivity index is 2.95. The van der Waals surface area contributed by atoms with Gasteiger partial charge in [-0.25, -0.2) is 0 Å². The van der Waals surface area contributed by atoms with Crippen molar-refractivity contribution in [2.24, 2.45) is 5.73 Å². The molecule has 0 spiro atoms. The molecule has 1 aromatic carbocycles. The normalized spacial score (nSPS) is 15.5. The van der Waals surface area contributed by atoms with Gasteiger partial charge in [0.1, 0.15) is 11.8 Å². The Bertz CT molecular complexity index is 440. The number of rotatable bonds is 3. The number of alkyl halides is 3. The molecule has 0 aliphatic rings. The van der Waals surface area contributed by atoms with Crippen molar-refractivity contribution in [3.8, 4) is 5.75 Å². The van der Waals surface area contributed by atoms with E-state index in [0.717, 1.165) is 6.07 Å². The first-order chi connectivity index (χ1) is 8.12. The van der Waals surface area contributed by atoms with E-state index >= 15 is 0 Å². The summed E-state index contributed by atoms with van der Waals surface area (Å²) in [6.45, 7) is 0. The van der Waals surface area contributed by atoms with Gasteiger partial charge in [-0.1, -0.05) is 23.2 Å². The summed E-state index contributed by atoms with van der Waals surface area (Å²) in [5.41, 5.74) is 4.69. The van der Waals surface area contributed by atoms with Crippen LogP contribution in [0.3, 0.4) is 0 Å². The van der Waals surface area contributed by atoms with Crippen LogP contribution in [-0.2, 0) is 0 Å². The lowest BCUT2D eigenvalue weighted by molar-refractivity contribution is -0.153. The van der Waals surface area contributed by atoms with Crippen LogP contribution in [0.4, 0.5) is 13.2 Å². The third kappa shape index (κ3) is 3.65. The fourth-order valence-electron chi connectivity index (χ4n) is 1.34. The van der Waals surface area contributed by atoms with E-state index in [2.05, 4.69) is 0 Å². The number of halogens is 5. The Kier molecular flexibility index (Phi) is 4.72. The Morgan fingerprint density at radius 1 is 1.28 bits per heavy atom. The lowest BCUT2D eigenvalue weighted by atomic mass is 10.0. The molecule has 0 amide bonds. The number of hydrogen-bond donors (Lipinski definition) is 3. The van der Waals surface area contributed by atoms with Gasteiger partial charge in [-0.05, 0) is 12.1 Å². The lowest BCUT2D eigenvalue weighted by Gasteiger charge is -2.20. The topological polar surface area (TPSA) is 66.5 Å². The van der Waals surface area contributed by atoms with Crippen molar-refractivity contribution in [3.63, 3.8) is 0 Å². The summed E-state index contributed by atoms with van der Waals surface area (Å²) in [7, 11) is 0.